The summed E-state index contributed by atoms with van der Waals surface area (Å²) >= 11 is 0. The highest BCUT2D eigenvalue weighted by atomic mass is 32.2. The standard InChI is InChI=1S/C13H21N3O2S/c1-16(2)9-8-15-19(17,18)13-5-3-4-11-10-14-7-6-12(11)13/h3-5,14-15H,6-10H2,1-2H3. The molecule has 0 aromatic heterocycles. The average Bonchev–Trinajstić information content (AvgIpc) is 2.37. The van der Waals surface area contributed by atoms with Crippen molar-refractivity contribution in [3.05, 3.63) is 29.3 Å². The maximum Gasteiger partial charge on any atom is 0.240 e. The van der Waals surface area contributed by atoms with Gasteiger partial charge >= 0.3 is 0 Å². The zero-order chi connectivity index (χ0) is 13.9. The summed E-state index contributed by atoms with van der Waals surface area (Å²) in [6.07, 6.45) is 0.764. The molecule has 2 rings (SSSR count). The largest absolute Gasteiger partial charge is 0.312 e. The van der Waals surface area contributed by atoms with Crippen molar-refractivity contribution in [1.29, 1.82) is 0 Å². The first-order valence-electron chi connectivity index (χ1n) is 6.46. The number of hydrogen-bond donors (Lipinski definition) is 2. The Bertz CT molecular complexity index is 541. The van der Waals surface area contributed by atoms with Gasteiger partial charge in [0.2, 0.25) is 10.0 Å². The van der Waals surface area contributed by atoms with Crippen molar-refractivity contribution in [3.8, 4) is 0 Å². The summed E-state index contributed by atoms with van der Waals surface area (Å²) in [5, 5.41) is 3.26. The van der Waals surface area contributed by atoms with Crippen LogP contribution in [0.2, 0.25) is 0 Å². The molecule has 0 bridgehead atoms. The van der Waals surface area contributed by atoms with Gasteiger partial charge in [0, 0.05) is 19.6 Å². The minimum atomic E-state index is -3.40. The third-order valence-corrected chi connectivity index (χ3v) is 4.78. The second kappa shape index (κ2) is 6.00. The minimum Gasteiger partial charge on any atom is -0.312 e. The maximum atomic E-state index is 12.3. The second-order valence-electron chi connectivity index (χ2n) is 5.02. The molecule has 1 aromatic rings. The highest BCUT2D eigenvalue weighted by Crippen LogP contribution is 2.22. The molecule has 6 heteroatoms. The van der Waals surface area contributed by atoms with E-state index in [9.17, 15) is 8.42 Å². The Morgan fingerprint density at radius 2 is 2.16 bits per heavy atom. The molecule has 0 amide bonds. The Hall–Kier alpha value is -0.950. The maximum absolute atomic E-state index is 12.3. The second-order valence-corrected chi connectivity index (χ2v) is 6.76. The lowest BCUT2D eigenvalue weighted by atomic mass is 10.0. The molecule has 1 aliphatic rings. The quantitative estimate of drug-likeness (QED) is 0.809. The third kappa shape index (κ3) is 3.54. The smallest absolute Gasteiger partial charge is 0.240 e. The number of nitrogens with zero attached hydrogens (tertiary/aromatic N) is 1. The molecule has 0 fully saturated rings. The first-order chi connectivity index (χ1) is 9.00. The molecule has 19 heavy (non-hydrogen) atoms. The highest BCUT2D eigenvalue weighted by molar-refractivity contribution is 7.89. The molecule has 1 heterocycles. The zero-order valence-corrected chi connectivity index (χ0v) is 12.3. The van der Waals surface area contributed by atoms with Crippen LogP contribution in [0.5, 0.6) is 0 Å². The zero-order valence-electron chi connectivity index (χ0n) is 11.4. The first kappa shape index (κ1) is 14.5. The molecular formula is C13H21N3O2S. The van der Waals surface area contributed by atoms with Gasteiger partial charge in [-0.1, -0.05) is 12.1 Å². The van der Waals surface area contributed by atoms with Crippen LogP contribution in [0.15, 0.2) is 23.1 Å². The Kier molecular flexibility index (Phi) is 4.57. The number of fused-ring (bicyclic) bond motifs is 1. The Morgan fingerprint density at radius 3 is 2.89 bits per heavy atom. The van der Waals surface area contributed by atoms with Gasteiger partial charge in [-0.05, 0) is 44.3 Å². The van der Waals surface area contributed by atoms with E-state index in [0.29, 0.717) is 18.0 Å². The fourth-order valence-corrected chi connectivity index (χ4v) is 3.56. The molecule has 0 aliphatic carbocycles. The van der Waals surface area contributed by atoms with Gasteiger partial charge in [0.15, 0.2) is 0 Å². The van der Waals surface area contributed by atoms with Gasteiger partial charge in [0.1, 0.15) is 0 Å². The first-order valence-corrected chi connectivity index (χ1v) is 7.95. The molecule has 0 radical (unpaired) electrons. The van der Waals surface area contributed by atoms with Crippen molar-refractivity contribution < 1.29 is 8.42 Å². The molecule has 0 unspecified atom stereocenters. The van der Waals surface area contributed by atoms with E-state index in [2.05, 4.69) is 10.0 Å². The van der Waals surface area contributed by atoms with Crippen molar-refractivity contribution in [1.82, 2.24) is 14.9 Å². The van der Waals surface area contributed by atoms with Gasteiger partial charge in [-0.15, -0.1) is 0 Å². The minimum absolute atomic E-state index is 0.428. The lowest BCUT2D eigenvalue weighted by molar-refractivity contribution is 0.412. The molecule has 0 saturated carbocycles. The van der Waals surface area contributed by atoms with Crippen molar-refractivity contribution in [3.63, 3.8) is 0 Å². The summed E-state index contributed by atoms with van der Waals surface area (Å²) in [7, 11) is 0.440. The van der Waals surface area contributed by atoms with Crippen LogP contribution in [-0.2, 0) is 23.0 Å². The highest BCUT2D eigenvalue weighted by Gasteiger charge is 2.21. The SMILES string of the molecule is CN(C)CCNS(=O)(=O)c1cccc2c1CCNC2. The average molecular weight is 283 g/mol. The van der Waals surface area contributed by atoms with Crippen LogP contribution in [0.25, 0.3) is 0 Å². The summed E-state index contributed by atoms with van der Waals surface area (Å²) in [4.78, 5) is 2.39. The molecule has 106 valence electrons. The van der Waals surface area contributed by atoms with Crippen LogP contribution in [-0.4, -0.2) is 47.0 Å². The van der Waals surface area contributed by atoms with E-state index in [1.807, 2.05) is 31.1 Å². The van der Waals surface area contributed by atoms with Gasteiger partial charge in [0.05, 0.1) is 4.90 Å². The van der Waals surface area contributed by atoms with Crippen LogP contribution >= 0.6 is 0 Å². The van der Waals surface area contributed by atoms with E-state index in [1.165, 1.54) is 0 Å². The van der Waals surface area contributed by atoms with Crippen molar-refractivity contribution in [2.75, 3.05) is 33.7 Å². The normalized spacial score (nSPS) is 15.5. The Morgan fingerprint density at radius 1 is 1.37 bits per heavy atom. The number of nitrogens with one attached hydrogen (secondary N) is 2. The molecule has 1 aromatic carbocycles. The van der Waals surface area contributed by atoms with E-state index in [0.717, 1.165) is 30.6 Å². The van der Waals surface area contributed by atoms with E-state index in [4.69, 9.17) is 0 Å². The summed E-state index contributed by atoms with van der Waals surface area (Å²) in [6, 6.07) is 5.49. The van der Waals surface area contributed by atoms with E-state index < -0.39 is 10.0 Å². The summed E-state index contributed by atoms with van der Waals surface area (Å²) in [5.41, 5.74) is 2.04. The van der Waals surface area contributed by atoms with Gasteiger partial charge < -0.3 is 10.2 Å². The van der Waals surface area contributed by atoms with E-state index >= 15 is 0 Å². The van der Waals surface area contributed by atoms with Crippen LogP contribution in [0.4, 0.5) is 0 Å². The molecular weight excluding hydrogens is 262 g/mol. The van der Waals surface area contributed by atoms with Gasteiger partial charge in [-0.3, -0.25) is 0 Å². The monoisotopic (exact) mass is 283 g/mol. The van der Waals surface area contributed by atoms with E-state index in [-0.39, 0.29) is 0 Å². The Labute approximate surface area is 115 Å². The van der Waals surface area contributed by atoms with Gasteiger partial charge in [-0.2, -0.15) is 0 Å². The molecule has 0 saturated heterocycles. The number of benzene rings is 1. The third-order valence-electron chi connectivity index (χ3n) is 3.24. The molecule has 2 N–H and O–H groups in total. The number of hydrogen-bond acceptors (Lipinski definition) is 4. The Balaban J connectivity index is 2.21. The van der Waals surface area contributed by atoms with Crippen LogP contribution in [0.3, 0.4) is 0 Å². The number of sulfonamides is 1. The molecule has 1 aliphatic heterocycles. The summed E-state index contributed by atoms with van der Waals surface area (Å²) in [6.45, 7) is 2.70. The van der Waals surface area contributed by atoms with Crippen molar-refractivity contribution >= 4 is 10.0 Å². The summed E-state index contributed by atoms with van der Waals surface area (Å²) < 4.78 is 27.3. The van der Waals surface area contributed by atoms with Crippen LogP contribution in [0.1, 0.15) is 11.1 Å². The van der Waals surface area contributed by atoms with Crippen molar-refractivity contribution in [2.45, 2.75) is 17.9 Å². The molecule has 0 spiro atoms. The lowest BCUT2D eigenvalue weighted by Gasteiger charge is -2.20. The fraction of sp³-hybridized carbons (Fsp3) is 0.538. The lowest BCUT2D eigenvalue weighted by Crippen LogP contribution is -2.33. The fourth-order valence-electron chi connectivity index (χ4n) is 2.23. The van der Waals surface area contributed by atoms with Crippen LogP contribution < -0.4 is 10.0 Å². The molecule has 0 atom stereocenters. The number of rotatable bonds is 5. The predicted molar refractivity (Wildman–Crippen MR) is 75.6 cm³/mol. The van der Waals surface area contributed by atoms with Crippen molar-refractivity contribution in [2.24, 2.45) is 0 Å². The van der Waals surface area contributed by atoms with Crippen LogP contribution in [0, 0.1) is 0 Å². The molecule has 5 nitrogen and oxygen atoms in total. The summed E-state index contributed by atoms with van der Waals surface area (Å²) in [5.74, 6) is 0. The predicted octanol–water partition coefficient (Wildman–Crippen LogP) is 0.172. The number of likely N-dealkylation sites (N-methyl/N-ethyl adjacent to an activating group) is 1. The van der Waals surface area contributed by atoms with Gasteiger partial charge in [-0.25, -0.2) is 13.1 Å². The van der Waals surface area contributed by atoms with E-state index in [1.54, 1.807) is 6.07 Å². The van der Waals surface area contributed by atoms with Gasteiger partial charge in [0.25, 0.3) is 0 Å². The topological polar surface area (TPSA) is 61.4 Å².